The molecule has 0 aromatic rings. The molecule has 74 valence electrons. The van der Waals surface area contributed by atoms with Crippen LogP contribution in [0.25, 0.3) is 0 Å². The van der Waals surface area contributed by atoms with Crippen LogP contribution in [0, 0.1) is 0 Å². The zero-order valence-electron chi connectivity index (χ0n) is 7.58. The molecule has 0 spiro atoms. The van der Waals surface area contributed by atoms with Gasteiger partial charge in [0.15, 0.2) is 0 Å². The Morgan fingerprint density at radius 1 is 1.50 bits per heavy atom. The maximum absolute atomic E-state index is 10.7. The Labute approximate surface area is 73.9 Å². The molecule has 0 saturated heterocycles. The van der Waals surface area contributed by atoms with E-state index in [2.05, 4.69) is 5.32 Å². The number of aliphatic hydroxyl groups is 1. The van der Waals surface area contributed by atoms with Gasteiger partial charge in [-0.1, -0.05) is 0 Å². The van der Waals surface area contributed by atoms with Crippen LogP contribution in [0.5, 0.6) is 0 Å². The lowest BCUT2D eigenvalue weighted by Gasteiger charge is -2.08. The second kappa shape index (κ2) is 5.50. The van der Waals surface area contributed by atoms with Crippen molar-refractivity contribution in [1.82, 2.24) is 5.32 Å². The second-order valence-electron chi connectivity index (χ2n) is 2.98. The molecule has 4 nitrogen and oxygen atoms in total. The zero-order valence-corrected chi connectivity index (χ0v) is 8.39. The summed E-state index contributed by atoms with van der Waals surface area (Å²) in [6.45, 7) is 0.518. The topological polar surface area (TPSA) is 66.4 Å². The first kappa shape index (κ1) is 11.9. The molecule has 1 unspecified atom stereocenters. The number of aliphatic hydroxyl groups excluding tert-OH is 1. The molecule has 0 bridgehead atoms. The molecule has 0 amide bonds. The van der Waals surface area contributed by atoms with E-state index in [-0.39, 0.29) is 5.75 Å². The van der Waals surface area contributed by atoms with Crippen molar-refractivity contribution in [2.24, 2.45) is 0 Å². The van der Waals surface area contributed by atoms with Gasteiger partial charge < -0.3 is 10.4 Å². The first-order valence-electron chi connectivity index (χ1n) is 3.96. The fourth-order valence-corrected chi connectivity index (χ4v) is 1.61. The van der Waals surface area contributed by atoms with Gasteiger partial charge in [-0.05, 0) is 19.9 Å². The smallest absolute Gasteiger partial charge is 0.147 e. The minimum atomic E-state index is -2.87. The van der Waals surface area contributed by atoms with Crippen LogP contribution in [-0.4, -0.2) is 45.2 Å². The van der Waals surface area contributed by atoms with E-state index in [1.54, 1.807) is 7.05 Å². The molecule has 0 saturated carbocycles. The second-order valence-corrected chi connectivity index (χ2v) is 5.24. The van der Waals surface area contributed by atoms with Crippen molar-refractivity contribution in [1.29, 1.82) is 0 Å². The number of likely N-dealkylation sites (N-methyl/N-ethyl adjacent to an activating group) is 1. The molecule has 0 aromatic heterocycles. The van der Waals surface area contributed by atoms with Gasteiger partial charge in [0.25, 0.3) is 0 Å². The van der Waals surface area contributed by atoms with E-state index < -0.39 is 15.9 Å². The van der Waals surface area contributed by atoms with E-state index in [4.69, 9.17) is 0 Å². The van der Waals surface area contributed by atoms with Crippen molar-refractivity contribution in [3.05, 3.63) is 0 Å². The lowest BCUT2D eigenvalue weighted by molar-refractivity contribution is 0.164. The quantitative estimate of drug-likeness (QED) is 0.593. The fraction of sp³-hybridized carbons (Fsp3) is 1.00. The third-order valence-electron chi connectivity index (χ3n) is 1.49. The van der Waals surface area contributed by atoms with E-state index >= 15 is 0 Å². The Kier molecular flexibility index (Phi) is 5.44. The van der Waals surface area contributed by atoms with E-state index in [1.165, 1.54) is 6.26 Å². The highest BCUT2D eigenvalue weighted by molar-refractivity contribution is 7.90. The molecular weight excluding hydrogens is 178 g/mol. The first-order valence-corrected chi connectivity index (χ1v) is 6.02. The SMILES string of the molecule is CNCC(O)CCCS(C)(=O)=O. The van der Waals surface area contributed by atoms with Crippen LogP contribution in [0.15, 0.2) is 0 Å². The maximum atomic E-state index is 10.7. The highest BCUT2D eigenvalue weighted by atomic mass is 32.2. The minimum Gasteiger partial charge on any atom is -0.392 e. The predicted molar refractivity (Wildman–Crippen MR) is 48.9 cm³/mol. The summed E-state index contributed by atoms with van der Waals surface area (Å²) >= 11 is 0. The average molecular weight is 195 g/mol. The van der Waals surface area contributed by atoms with Gasteiger partial charge in [-0.15, -0.1) is 0 Å². The Hall–Kier alpha value is -0.130. The molecule has 0 aliphatic rings. The molecule has 2 N–H and O–H groups in total. The third-order valence-corrected chi connectivity index (χ3v) is 2.52. The van der Waals surface area contributed by atoms with Gasteiger partial charge in [-0.3, -0.25) is 0 Å². The summed E-state index contributed by atoms with van der Waals surface area (Å²) in [6.07, 6.45) is 1.84. The zero-order chi connectivity index (χ0) is 9.61. The Bertz CT molecular complexity index is 201. The lowest BCUT2D eigenvalue weighted by atomic mass is 10.2. The highest BCUT2D eigenvalue weighted by Gasteiger charge is 2.05. The van der Waals surface area contributed by atoms with Gasteiger partial charge in [0.05, 0.1) is 6.10 Å². The summed E-state index contributed by atoms with van der Waals surface area (Å²) in [4.78, 5) is 0. The largest absolute Gasteiger partial charge is 0.392 e. The normalized spacial score (nSPS) is 14.6. The summed E-state index contributed by atoms with van der Waals surface area (Å²) in [7, 11) is -1.12. The third kappa shape index (κ3) is 7.97. The standard InChI is InChI=1S/C7H17NO3S/c1-8-6-7(9)4-3-5-12(2,10)11/h7-9H,3-6H2,1-2H3. The highest BCUT2D eigenvalue weighted by Crippen LogP contribution is 1.98. The van der Waals surface area contributed by atoms with Gasteiger partial charge in [-0.25, -0.2) is 8.42 Å². The van der Waals surface area contributed by atoms with Crippen LogP contribution in [0.1, 0.15) is 12.8 Å². The van der Waals surface area contributed by atoms with Crippen molar-refractivity contribution in [3.63, 3.8) is 0 Å². The van der Waals surface area contributed by atoms with Crippen molar-refractivity contribution in [2.45, 2.75) is 18.9 Å². The number of rotatable bonds is 6. The van der Waals surface area contributed by atoms with Crippen LogP contribution in [-0.2, 0) is 9.84 Å². The van der Waals surface area contributed by atoms with Crippen molar-refractivity contribution >= 4 is 9.84 Å². The first-order chi connectivity index (χ1) is 5.45. The van der Waals surface area contributed by atoms with Crippen LogP contribution in [0.3, 0.4) is 0 Å². The predicted octanol–water partition coefficient (Wildman–Crippen LogP) is -0.608. The van der Waals surface area contributed by atoms with E-state index in [0.29, 0.717) is 19.4 Å². The molecule has 0 heterocycles. The molecule has 12 heavy (non-hydrogen) atoms. The van der Waals surface area contributed by atoms with E-state index in [9.17, 15) is 13.5 Å². The van der Waals surface area contributed by atoms with Crippen LogP contribution >= 0.6 is 0 Å². The van der Waals surface area contributed by atoms with E-state index in [1.807, 2.05) is 0 Å². The maximum Gasteiger partial charge on any atom is 0.147 e. The molecule has 0 aliphatic carbocycles. The van der Waals surface area contributed by atoms with Crippen molar-refractivity contribution < 1.29 is 13.5 Å². The van der Waals surface area contributed by atoms with Crippen molar-refractivity contribution in [3.8, 4) is 0 Å². The molecule has 0 radical (unpaired) electrons. The summed E-state index contributed by atoms with van der Waals surface area (Å²) in [6, 6.07) is 0. The molecule has 0 rings (SSSR count). The van der Waals surface area contributed by atoms with Crippen LogP contribution in [0.4, 0.5) is 0 Å². The minimum absolute atomic E-state index is 0.160. The summed E-state index contributed by atoms with van der Waals surface area (Å²) in [5.74, 6) is 0.160. The Morgan fingerprint density at radius 2 is 2.08 bits per heavy atom. The molecular formula is C7H17NO3S. The summed E-state index contributed by atoms with van der Waals surface area (Å²) < 4.78 is 21.3. The Morgan fingerprint density at radius 3 is 2.50 bits per heavy atom. The Balaban J connectivity index is 3.44. The summed E-state index contributed by atoms with van der Waals surface area (Å²) in [5, 5.41) is 12.0. The average Bonchev–Trinajstić information content (AvgIpc) is 1.84. The van der Waals surface area contributed by atoms with Gasteiger partial charge in [0, 0.05) is 18.6 Å². The number of hydrogen-bond acceptors (Lipinski definition) is 4. The number of sulfone groups is 1. The molecule has 0 aromatic carbocycles. The molecule has 0 aliphatic heterocycles. The van der Waals surface area contributed by atoms with E-state index in [0.717, 1.165) is 0 Å². The number of hydrogen-bond donors (Lipinski definition) is 2. The lowest BCUT2D eigenvalue weighted by Crippen LogP contribution is -2.23. The monoisotopic (exact) mass is 195 g/mol. The van der Waals surface area contributed by atoms with Gasteiger partial charge in [0.1, 0.15) is 9.84 Å². The number of nitrogens with one attached hydrogen (secondary N) is 1. The summed E-state index contributed by atoms with van der Waals surface area (Å²) in [5.41, 5.74) is 0. The van der Waals surface area contributed by atoms with Gasteiger partial charge in [-0.2, -0.15) is 0 Å². The van der Waals surface area contributed by atoms with Crippen LogP contribution in [0.2, 0.25) is 0 Å². The van der Waals surface area contributed by atoms with Crippen molar-refractivity contribution in [2.75, 3.05) is 25.6 Å². The van der Waals surface area contributed by atoms with Gasteiger partial charge in [0.2, 0.25) is 0 Å². The molecule has 5 heteroatoms. The van der Waals surface area contributed by atoms with Crippen LogP contribution < -0.4 is 5.32 Å². The molecule has 0 fully saturated rings. The van der Waals surface area contributed by atoms with Gasteiger partial charge >= 0.3 is 0 Å². The molecule has 1 atom stereocenters. The fourth-order valence-electron chi connectivity index (χ4n) is 0.919.